The fourth-order valence-electron chi connectivity index (χ4n) is 2.44. The number of carbonyl (C=O) groups excluding carboxylic acids is 1. The Morgan fingerprint density at radius 2 is 1.68 bits per heavy atom. The van der Waals surface area contributed by atoms with Crippen molar-refractivity contribution in [3.63, 3.8) is 0 Å². The first kappa shape index (κ1) is 19.0. The first-order chi connectivity index (χ1) is 11.8. The minimum absolute atomic E-state index is 0.0303. The zero-order valence-electron chi connectivity index (χ0n) is 14.7. The third kappa shape index (κ3) is 5.90. The van der Waals surface area contributed by atoms with E-state index < -0.39 is 9.84 Å². The highest BCUT2D eigenvalue weighted by molar-refractivity contribution is 7.89. The van der Waals surface area contributed by atoms with E-state index in [1.54, 1.807) is 24.3 Å². The molecule has 1 unspecified atom stereocenters. The molecule has 134 valence electrons. The molecule has 0 spiro atoms. The van der Waals surface area contributed by atoms with Crippen LogP contribution in [0.4, 0.5) is 0 Å². The third-order valence-corrected chi connectivity index (χ3v) is 4.54. The smallest absolute Gasteiger partial charge is 0.251 e. The first-order valence-corrected chi connectivity index (χ1v) is 10.1. The van der Waals surface area contributed by atoms with E-state index in [-0.39, 0.29) is 17.7 Å². The predicted molar refractivity (Wildman–Crippen MR) is 98.5 cm³/mol. The van der Waals surface area contributed by atoms with E-state index >= 15 is 0 Å². The summed E-state index contributed by atoms with van der Waals surface area (Å²) in [6.45, 7) is 4.45. The summed E-state index contributed by atoms with van der Waals surface area (Å²) in [5, 5.41) is 2.93. The van der Waals surface area contributed by atoms with Gasteiger partial charge in [-0.15, -0.1) is 0 Å². The highest BCUT2D eigenvalue weighted by Gasteiger charge is 2.12. The lowest BCUT2D eigenvalue weighted by Crippen LogP contribution is -2.26. The third-order valence-electron chi connectivity index (χ3n) is 3.68. The highest BCUT2D eigenvalue weighted by atomic mass is 32.2. The summed E-state index contributed by atoms with van der Waals surface area (Å²) in [6, 6.07) is 14.1. The molecule has 0 aromatic heterocycles. The Morgan fingerprint density at radius 1 is 1.08 bits per heavy atom. The van der Waals surface area contributed by atoms with Crippen molar-refractivity contribution in [3.05, 3.63) is 65.2 Å². The number of ether oxygens (including phenoxy) is 1. The van der Waals surface area contributed by atoms with Gasteiger partial charge in [0.15, 0.2) is 9.84 Å². The molecule has 0 saturated heterocycles. The SMILES string of the molecule is CCOc1ccc(C(C)NC(=O)c2ccc(CS(C)(=O)=O)cc2)cc1. The van der Waals surface area contributed by atoms with Crippen LogP contribution in [-0.2, 0) is 15.6 Å². The molecule has 0 heterocycles. The van der Waals surface area contributed by atoms with Crippen molar-refractivity contribution < 1.29 is 17.9 Å². The number of rotatable bonds is 7. The van der Waals surface area contributed by atoms with Gasteiger partial charge in [-0.05, 0) is 49.2 Å². The van der Waals surface area contributed by atoms with E-state index in [1.165, 1.54) is 6.26 Å². The fourth-order valence-corrected chi connectivity index (χ4v) is 3.24. The maximum Gasteiger partial charge on any atom is 0.251 e. The van der Waals surface area contributed by atoms with Crippen molar-refractivity contribution in [2.24, 2.45) is 0 Å². The van der Waals surface area contributed by atoms with Crippen LogP contribution in [0.25, 0.3) is 0 Å². The highest BCUT2D eigenvalue weighted by Crippen LogP contribution is 2.18. The number of nitrogens with one attached hydrogen (secondary N) is 1. The van der Waals surface area contributed by atoms with Gasteiger partial charge in [-0.1, -0.05) is 24.3 Å². The van der Waals surface area contributed by atoms with E-state index in [9.17, 15) is 13.2 Å². The molecule has 0 fully saturated rings. The second kappa shape index (κ2) is 8.16. The van der Waals surface area contributed by atoms with E-state index in [0.29, 0.717) is 17.7 Å². The van der Waals surface area contributed by atoms with Crippen LogP contribution in [0.2, 0.25) is 0 Å². The van der Waals surface area contributed by atoms with Crippen molar-refractivity contribution in [1.82, 2.24) is 5.32 Å². The van der Waals surface area contributed by atoms with Gasteiger partial charge in [0.1, 0.15) is 5.75 Å². The van der Waals surface area contributed by atoms with Gasteiger partial charge in [0.2, 0.25) is 0 Å². The van der Waals surface area contributed by atoms with Crippen LogP contribution in [-0.4, -0.2) is 27.2 Å². The monoisotopic (exact) mass is 361 g/mol. The van der Waals surface area contributed by atoms with Crippen molar-refractivity contribution in [2.45, 2.75) is 25.6 Å². The summed E-state index contributed by atoms with van der Waals surface area (Å²) in [6.07, 6.45) is 1.19. The molecule has 2 aromatic carbocycles. The van der Waals surface area contributed by atoms with Crippen LogP contribution >= 0.6 is 0 Å². The molecule has 0 bridgehead atoms. The summed E-state index contributed by atoms with van der Waals surface area (Å²) in [4.78, 5) is 12.3. The molecular formula is C19H23NO4S. The molecule has 2 aromatic rings. The van der Waals surface area contributed by atoms with Gasteiger partial charge in [0.25, 0.3) is 5.91 Å². The maximum absolute atomic E-state index is 12.3. The average Bonchev–Trinajstić information content (AvgIpc) is 2.55. The van der Waals surface area contributed by atoms with Crippen LogP contribution in [0, 0.1) is 0 Å². The number of carbonyl (C=O) groups is 1. The molecule has 1 atom stereocenters. The van der Waals surface area contributed by atoms with Crippen LogP contribution in [0.1, 0.15) is 41.4 Å². The van der Waals surface area contributed by atoms with Gasteiger partial charge < -0.3 is 10.1 Å². The molecule has 1 N–H and O–H groups in total. The van der Waals surface area contributed by atoms with Crippen LogP contribution < -0.4 is 10.1 Å². The Hall–Kier alpha value is -2.34. The minimum atomic E-state index is -3.08. The molecule has 0 aliphatic rings. The lowest BCUT2D eigenvalue weighted by molar-refractivity contribution is 0.0940. The van der Waals surface area contributed by atoms with Gasteiger partial charge >= 0.3 is 0 Å². The van der Waals surface area contributed by atoms with Crippen molar-refractivity contribution in [2.75, 3.05) is 12.9 Å². The van der Waals surface area contributed by atoms with E-state index in [4.69, 9.17) is 4.74 Å². The zero-order valence-corrected chi connectivity index (χ0v) is 15.5. The minimum Gasteiger partial charge on any atom is -0.494 e. The molecule has 5 nitrogen and oxygen atoms in total. The van der Waals surface area contributed by atoms with E-state index in [1.807, 2.05) is 38.1 Å². The Bertz CT molecular complexity index is 812. The second-order valence-corrected chi connectivity index (χ2v) is 8.10. The molecule has 1 amide bonds. The molecule has 6 heteroatoms. The molecule has 0 saturated carbocycles. The maximum atomic E-state index is 12.3. The summed E-state index contributed by atoms with van der Waals surface area (Å²) < 4.78 is 28.0. The van der Waals surface area contributed by atoms with Gasteiger partial charge in [-0.25, -0.2) is 8.42 Å². The summed E-state index contributed by atoms with van der Waals surface area (Å²) >= 11 is 0. The number of hydrogen-bond acceptors (Lipinski definition) is 4. The van der Waals surface area contributed by atoms with Crippen LogP contribution in [0.15, 0.2) is 48.5 Å². The van der Waals surface area contributed by atoms with Crippen LogP contribution in [0.3, 0.4) is 0 Å². The Labute approximate surface area is 148 Å². The molecule has 25 heavy (non-hydrogen) atoms. The van der Waals surface area contributed by atoms with Crippen molar-refractivity contribution in [1.29, 1.82) is 0 Å². The predicted octanol–water partition coefficient (Wildman–Crippen LogP) is 3.12. The number of benzene rings is 2. The van der Waals surface area contributed by atoms with Crippen molar-refractivity contribution >= 4 is 15.7 Å². The van der Waals surface area contributed by atoms with Gasteiger partial charge in [-0.3, -0.25) is 4.79 Å². The largest absolute Gasteiger partial charge is 0.494 e. The fraction of sp³-hybridized carbons (Fsp3) is 0.316. The van der Waals surface area contributed by atoms with Gasteiger partial charge in [-0.2, -0.15) is 0 Å². The van der Waals surface area contributed by atoms with E-state index in [2.05, 4.69) is 5.32 Å². The Morgan fingerprint density at radius 3 is 2.20 bits per heavy atom. The quantitative estimate of drug-likeness (QED) is 0.822. The van der Waals surface area contributed by atoms with E-state index in [0.717, 1.165) is 11.3 Å². The molecule has 2 rings (SSSR count). The van der Waals surface area contributed by atoms with Crippen LogP contribution in [0.5, 0.6) is 5.75 Å². The molecule has 0 radical (unpaired) electrons. The first-order valence-electron chi connectivity index (χ1n) is 8.09. The average molecular weight is 361 g/mol. The topological polar surface area (TPSA) is 72.5 Å². The normalized spacial score (nSPS) is 12.4. The Balaban J connectivity index is 2.00. The number of amides is 1. The lowest BCUT2D eigenvalue weighted by Gasteiger charge is -2.15. The molecular weight excluding hydrogens is 338 g/mol. The summed E-state index contributed by atoms with van der Waals surface area (Å²) in [5.74, 6) is 0.566. The Kier molecular flexibility index (Phi) is 6.20. The summed E-state index contributed by atoms with van der Waals surface area (Å²) in [5.41, 5.74) is 2.14. The summed E-state index contributed by atoms with van der Waals surface area (Å²) in [7, 11) is -3.08. The second-order valence-electron chi connectivity index (χ2n) is 5.96. The molecule has 0 aliphatic carbocycles. The lowest BCUT2D eigenvalue weighted by atomic mass is 10.1. The van der Waals surface area contributed by atoms with Gasteiger partial charge in [0, 0.05) is 11.8 Å². The van der Waals surface area contributed by atoms with Crippen molar-refractivity contribution in [3.8, 4) is 5.75 Å². The standard InChI is InChI=1S/C19H23NO4S/c1-4-24-18-11-9-16(10-12-18)14(2)20-19(21)17-7-5-15(6-8-17)13-25(3,22)23/h5-12,14H,4,13H2,1-3H3,(H,20,21). The molecule has 0 aliphatic heterocycles. The number of sulfone groups is 1. The van der Waals surface area contributed by atoms with Gasteiger partial charge in [0.05, 0.1) is 18.4 Å². The zero-order chi connectivity index (χ0) is 18.4. The number of hydrogen-bond donors (Lipinski definition) is 1.